The van der Waals surface area contributed by atoms with E-state index in [2.05, 4.69) is 0 Å². The molecular formula is C18H20N2O3. The third-order valence-electron chi connectivity index (χ3n) is 3.56. The molecule has 0 radical (unpaired) electrons. The summed E-state index contributed by atoms with van der Waals surface area (Å²) in [4.78, 5) is 25.9. The summed E-state index contributed by atoms with van der Waals surface area (Å²) in [6, 6.07) is 14.4. The Labute approximate surface area is 135 Å². The highest BCUT2D eigenvalue weighted by molar-refractivity contribution is 5.99. The summed E-state index contributed by atoms with van der Waals surface area (Å²) in [6.45, 7) is 3.85. The molecule has 0 heterocycles. The standard InChI is InChI=1S/C18H20N2O3/c1-3-20(14-9-5-4-6-10-14)16(21)12-23-18(22)15-11-7-8-13(2)17(15)19/h4-11H,3,12,19H2,1-2H3. The minimum atomic E-state index is -0.594. The number of esters is 1. The van der Waals surface area contributed by atoms with Crippen molar-refractivity contribution in [2.75, 3.05) is 23.8 Å². The maximum Gasteiger partial charge on any atom is 0.340 e. The fraction of sp³-hybridized carbons (Fsp3) is 0.222. The molecule has 0 aliphatic rings. The first-order valence-corrected chi connectivity index (χ1v) is 7.42. The first kappa shape index (κ1) is 16.5. The van der Waals surface area contributed by atoms with Crippen molar-refractivity contribution in [3.63, 3.8) is 0 Å². The van der Waals surface area contributed by atoms with Crippen LogP contribution in [0.4, 0.5) is 11.4 Å². The highest BCUT2D eigenvalue weighted by Crippen LogP contribution is 2.18. The summed E-state index contributed by atoms with van der Waals surface area (Å²) < 4.78 is 5.12. The van der Waals surface area contributed by atoms with Crippen molar-refractivity contribution < 1.29 is 14.3 Å². The molecule has 2 N–H and O–H groups in total. The molecule has 0 aromatic heterocycles. The van der Waals surface area contributed by atoms with Crippen molar-refractivity contribution in [1.82, 2.24) is 0 Å². The maximum atomic E-state index is 12.3. The van der Waals surface area contributed by atoms with E-state index in [1.165, 1.54) is 0 Å². The van der Waals surface area contributed by atoms with Crippen LogP contribution in [-0.4, -0.2) is 25.0 Å². The van der Waals surface area contributed by atoms with Crippen LogP contribution in [-0.2, 0) is 9.53 Å². The highest BCUT2D eigenvalue weighted by Gasteiger charge is 2.18. The van der Waals surface area contributed by atoms with Gasteiger partial charge < -0.3 is 15.4 Å². The van der Waals surface area contributed by atoms with Crippen LogP contribution in [0.2, 0.25) is 0 Å². The van der Waals surface area contributed by atoms with Crippen LogP contribution < -0.4 is 10.6 Å². The van der Waals surface area contributed by atoms with Crippen molar-refractivity contribution in [2.45, 2.75) is 13.8 Å². The molecule has 5 heteroatoms. The monoisotopic (exact) mass is 312 g/mol. The quantitative estimate of drug-likeness (QED) is 0.680. The zero-order valence-corrected chi connectivity index (χ0v) is 13.3. The number of carbonyl (C=O) groups excluding carboxylic acids is 2. The van der Waals surface area contributed by atoms with Crippen LogP contribution in [0.5, 0.6) is 0 Å². The Balaban J connectivity index is 2.03. The smallest absolute Gasteiger partial charge is 0.340 e. The molecule has 23 heavy (non-hydrogen) atoms. The molecule has 120 valence electrons. The van der Waals surface area contributed by atoms with Crippen molar-refractivity contribution in [1.29, 1.82) is 0 Å². The fourth-order valence-corrected chi connectivity index (χ4v) is 2.25. The number of hydrogen-bond donors (Lipinski definition) is 1. The van der Waals surface area contributed by atoms with Crippen LogP contribution in [0.1, 0.15) is 22.8 Å². The third kappa shape index (κ3) is 3.88. The molecule has 0 atom stereocenters. The molecule has 0 spiro atoms. The van der Waals surface area contributed by atoms with Gasteiger partial charge in [-0.1, -0.05) is 30.3 Å². The van der Waals surface area contributed by atoms with Gasteiger partial charge in [0.2, 0.25) is 0 Å². The maximum absolute atomic E-state index is 12.3. The number of nitrogens with two attached hydrogens (primary N) is 1. The van der Waals surface area contributed by atoms with E-state index in [9.17, 15) is 9.59 Å². The van der Waals surface area contributed by atoms with Gasteiger partial charge in [-0.05, 0) is 37.6 Å². The Bertz CT molecular complexity index is 699. The van der Waals surface area contributed by atoms with Gasteiger partial charge in [0.05, 0.1) is 5.56 Å². The van der Waals surface area contributed by atoms with Gasteiger partial charge in [-0.15, -0.1) is 0 Å². The molecule has 0 saturated heterocycles. The second-order valence-electron chi connectivity index (χ2n) is 5.09. The summed E-state index contributed by atoms with van der Waals surface area (Å²) in [6.07, 6.45) is 0. The van der Waals surface area contributed by atoms with Gasteiger partial charge >= 0.3 is 5.97 Å². The van der Waals surface area contributed by atoms with Crippen LogP contribution in [0, 0.1) is 6.92 Å². The summed E-state index contributed by atoms with van der Waals surface area (Å²) in [5, 5.41) is 0. The van der Waals surface area contributed by atoms with E-state index >= 15 is 0 Å². The zero-order chi connectivity index (χ0) is 16.8. The minimum Gasteiger partial charge on any atom is -0.452 e. The molecule has 2 rings (SSSR count). The van der Waals surface area contributed by atoms with Crippen molar-refractivity contribution >= 4 is 23.3 Å². The Kier molecular flexibility index (Phi) is 5.36. The van der Waals surface area contributed by atoms with E-state index in [1.54, 1.807) is 17.0 Å². The lowest BCUT2D eigenvalue weighted by atomic mass is 10.1. The number of anilines is 2. The molecular weight excluding hydrogens is 292 g/mol. The van der Waals surface area contributed by atoms with Crippen molar-refractivity contribution in [2.24, 2.45) is 0 Å². The van der Waals surface area contributed by atoms with E-state index in [0.29, 0.717) is 12.2 Å². The third-order valence-corrected chi connectivity index (χ3v) is 3.56. The first-order valence-electron chi connectivity index (χ1n) is 7.42. The van der Waals surface area contributed by atoms with Crippen LogP contribution in [0.15, 0.2) is 48.5 Å². The summed E-state index contributed by atoms with van der Waals surface area (Å²) >= 11 is 0. The summed E-state index contributed by atoms with van der Waals surface area (Å²) in [5.74, 6) is -0.873. The number of amides is 1. The van der Waals surface area contributed by atoms with Gasteiger partial charge in [-0.25, -0.2) is 4.79 Å². The zero-order valence-electron chi connectivity index (χ0n) is 13.3. The lowest BCUT2D eigenvalue weighted by Gasteiger charge is -2.20. The lowest BCUT2D eigenvalue weighted by Crippen LogP contribution is -2.34. The van der Waals surface area contributed by atoms with E-state index < -0.39 is 5.97 Å². The molecule has 2 aromatic carbocycles. The molecule has 5 nitrogen and oxygen atoms in total. The van der Waals surface area contributed by atoms with E-state index in [4.69, 9.17) is 10.5 Å². The molecule has 1 amide bonds. The van der Waals surface area contributed by atoms with Gasteiger partial charge in [0.15, 0.2) is 6.61 Å². The largest absolute Gasteiger partial charge is 0.452 e. The Morgan fingerprint density at radius 3 is 2.43 bits per heavy atom. The van der Waals surface area contributed by atoms with E-state index in [-0.39, 0.29) is 18.1 Å². The van der Waals surface area contributed by atoms with Crippen molar-refractivity contribution in [3.05, 3.63) is 59.7 Å². The Morgan fingerprint density at radius 2 is 1.78 bits per heavy atom. The predicted octanol–water partition coefficient (Wildman–Crippen LogP) is 2.79. The minimum absolute atomic E-state index is 0.278. The lowest BCUT2D eigenvalue weighted by molar-refractivity contribution is -0.121. The Hall–Kier alpha value is -2.82. The highest BCUT2D eigenvalue weighted by atomic mass is 16.5. The van der Waals surface area contributed by atoms with E-state index in [0.717, 1.165) is 11.3 Å². The Morgan fingerprint density at radius 1 is 1.09 bits per heavy atom. The van der Waals surface area contributed by atoms with Gasteiger partial charge in [-0.3, -0.25) is 4.79 Å². The number of ether oxygens (including phenoxy) is 1. The molecule has 0 unspecified atom stereocenters. The number of aryl methyl sites for hydroxylation is 1. The molecule has 0 aliphatic heterocycles. The summed E-state index contributed by atoms with van der Waals surface area (Å²) in [5.41, 5.74) is 8.09. The number of carbonyl (C=O) groups is 2. The molecule has 2 aromatic rings. The number of hydrogen-bond acceptors (Lipinski definition) is 4. The average molecular weight is 312 g/mol. The number of nitrogen functional groups attached to an aromatic ring is 1. The van der Waals surface area contributed by atoms with Crippen LogP contribution in [0.25, 0.3) is 0 Å². The van der Waals surface area contributed by atoms with Crippen LogP contribution in [0.3, 0.4) is 0 Å². The topological polar surface area (TPSA) is 72.6 Å². The molecule has 0 saturated carbocycles. The van der Waals surface area contributed by atoms with E-state index in [1.807, 2.05) is 50.2 Å². The second kappa shape index (κ2) is 7.45. The number of likely N-dealkylation sites (N-methyl/N-ethyl adjacent to an activating group) is 1. The number of nitrogens with zero attached hydrogens (tertiary/aromatic N) is 1. The number of benzene rings is 2. The average Bonchev–Trinajstić information content (AvgIpc) is 2.57. The van der Waals surface area contributed by atoms with Crippen LogP contribution >= 0.6 is 0 Å². The predicted molar refractivity (Wildman–Crippen MR) is 90.3 cm³/mol. The van der Waals surface area contributed by atoms with Gasteiger partial charge in [-0.2, -0.15) is 0 Å². The van der Waals surface area contributed by atoms with Gasteiger partial charge in [0.25, 0.3) is 5.91 Å². The van der Waals surface area contributed by atoms with Crippen molar-refractivity contribution in [3.8, 4) is 0 Å². The van der Waals surface area contributed by atoms with Gasteiger partial charge in [0, 0.05) is 17.9 Å². The van der Waals surface area contributed by atoms with Gasteiger partial charge in [0.1, 0.15) is 0 Å². The molecule has 0 aliphatic carbocycles. The first-order chi connectivity index (χ1) is 11.0. The number of rotatable bonds is 5. The second-order valence-corrected chi connectivity index (χ2v) is 5.09. The molecule has 0 bridgehead atoms. The number of para-hydroxylation sites is 2. The normalized spacial score (nSPS) is 10.2. The summed E-state index contributed by atoms with van der Waals surface area (Å²) in [7, 11) is 0. The SMILES string of the molecule is CCN(C(=O)COC(=O)c1cccc(C)c1N)c1ccccc1. The fourth-order valence-electron chi connectivity index (χ4n) is 2.25. The molecule has 0 fully saturated rings.